The zero-order valence-corrected chi connectivity index (χ0v) is 10.4. The molecule has 1 aromatic rings. The molecule has 1 unspecified atom stereocenters. The van der Waals surface area contributed by atoms with Crippen molar-refractivity contribution in [3.8, 4) is 0 Å². The first kappa shape index (κ1) is 12.0. The van der Waals surface area contributed by atoms with E-state index in [0.29, 0.717) is 23.0 Å². The molecule has 0 aliphatic carbocycles. The number of halogens is 2. The summed E-state index contributed by atoms with van der Waals surface area (Å²) >= 11 is 3.15. The van der Waals surface area contributed by atoms with Crippen LogP contribution in [0.3, 0.4) is 0 Å². The van der Waals surface area contributed by atoms with Crippen LogP contribution in [0.25, 0.3) is 0 Å². The Morgan fingerprint density at radius 2 is 2.29 bits per heavy atom. The SMILES string of the molecule is O=C1CCC(C(=O)Nc2ccc(F)cc2Br)N1. The first-order chi connectivity index (χ1) is 8.06. The third-order valence-corrected chi connectivity index (χ3v) is 3.16. The fourth-order valence-corrected chi connectivity index (χ4v) is 2.07. The molecule has 1 saturated heterocycles. The van der Waals surface area contributed by atoms with E-state index in [1.54, 1.807) is 0 Å². The highest BCUT2D eigenvalue weighted by molar-refractivity contribution is 9.10. The molecule has 1 atom stereocenters. The van der Waals surface area contributed by atoms with Gasteiger partial charge in [-0.1, -0.05) is 0 Å². The predicted molar refractivity (Wildman–Crippen MR) is 63.9 cm³/mol. The smallest absolute Gasteiger partial charge is 0.246 e. The molecule has 0 saturated carbocycles. The normalized spacial score (nSPS) is 18.9. The fraction of sp³-hybridized carbons (Fsp3) is 0.273. The van der Waals surface area contributed by atoms with Crippen molar-refractivity contribution in [3.63, 3.8) is 0 Å². The van der Waals surface area contributed by atoms with Gasteiger partial charge < -0.3 is 10.6 Å². The van der Waals surface area contributed by atoms with Crippen molar-refractivity contribution in [2.45, 2.75) is 18.9 Å². The van der Waals surface area contributed by atoms with Gasteiger partial charge in [0.25, 0.3) is 0 Å². The van der Waals surface area contributed by atoms with Crippen molar-refractivity contribution < 1.29 is 14.0 Å². The molecular weight excluding hydrogens is 291 g/mol. The lowest BCUT2D eigenvalue weighted by atomic mass is 10.2. The van der Waals surface area contributed by atoms with Crippen LogP contribution in [0, 0.1) is 5.82 Å². The molecule has 1 fully saturated rings. The van der Waals surface area contributed by atoms with Crippen molar-refractivity contribution >= 4 is 33.4 Å². The molecule has 6 heteroatoms. The lowest BCUT2D eigenvalue weighted by molar-refractivity contribution is -0.122. The summed E-state index contributed by atoms with van der Waals surface area (Å²) in [5.74, 6) is -0.796. The zero-order chi connectivity index (χ0) is 12.4. The molecule has 0 spiro atoms. The van der Waals surface area contributed by atoms with Crippen LogP contribution in [0.2, 0.25) is 0 Å². The summed E-state index contributed by atoms with van der Waals surface area (Å²) in [5, 5.41) is 5.20. The zero-order valence-electron chi connectivity index (χ0n) is 8.80. The minimum absolute atomic E-state index is 0.122. The molecule has 1 aliphatic heterocycles. The lowest BCUT2D eigenvalue weighted by Gasteiger charge is -2.12. The maximum Gasteiger partial charge on any atom is 0.246 e. The van der Waals surface area contributed by atoms with E-state index in [2.05, 4.69) is 26.6 Å². The summed E-state index contributed by atoms with van der Waals surface area (Å²) in [6.07, 6.45) is 0.853. The number of anilines is 1. The summed E-state index contributed by atoms with van der Waals surface area (Å²) in [4.78, 5) is 22.7. The summed E-state index contributed by atoms with van der Waals surface area (Å²) in [7, 11) is 0. The minimum Gasteiger partial charge on any atom is -0.344 e. The van der Waals surface area contributed by atoms with E-state index in [4.69, 9.17) is 0 Å². The van der Waals surface area contributed by atoms with Crippen LogP contribution in [0.1, 0.15) is 12.8 Å². The summed E-state index contributed by atoms with van der Waals surface area (Å²) in [5.41, 5.74) is 0.484. The summed E-state index contributed by atoms with van der Waals surface area (Å²) in [6, 6.07) is 3.49. The van der Waals surface area contributed by atoms with Gasteiger partial charge in [-0.25, -0.2) is 4.39 Å². The summed E-state index contributed by atoms with van der Waals surface area (Å²) in [6.45, 7) is 0. The van der Waals surface area contributed by atoms with Gasteiger partial charge in [-0.2, -0.15) is 0 Å². The monoisotopic (exact) mass is 300 g/mol. The summed E-state index contributed by atoms with van der Waals surface area (Å²) < 4.78 is 13.3. The van der Waals surface area contributed by atoms with E-state index in [0.717, 1.165) is 0 Å². The number of amides is 2. The molecule has 0 bridgehead atoms. The highest BCUT2D eigenvalue weighted by Gasteiger charge is 2.27. The van der Waals surface area contributed by atoms with E-state index < -0.39 is 6.04 Å². The van der Waals surface area contributed by atoms with Crippen molar-refractivity contribution in [2.75, 3.05) is 5.32 Å². The highest BCUT2D eigenvalue weighted by Crippen LogP contribution is 2.23. The molecule has 0 aromatic heterocycles. The molecule has 17 heavy (non-hydrogen) atoms. The molecule has 0 radical (unpaired) electrons. The van der Waals surface area contributed by atoms with Gasteiger partial charge in [-0.3, -0.25) is 9.59 Å². The van der Waals surface area contributed by atoms with Gasteiger partial charge in [0.05, 0.1) is 5.69 Å². The Hall–Kier alpha value is -1.43. The van der Waals surface area contributed by atoms with E-state index in [-0.39, 0.29) is 17.6 Å². The number of hydrogen-bond donors (Lipinski definition) is 2. The maximum absolute atomic E-state index is 12.8. The molecule has 90 valence electrons. The van der Waals surface area contributed by atoms with Gasteiger partial charge in [-0.05, 0) is 40.5 Å². The van der Waals surface area contributed by atoms with Crippen LogP contribution in [-0.4, -0.2) is 17.9 Å². The average molecular weight is 301 g/mol. The van der Waals surface area contributed by atoms with Gasteiger partial charge >= 0.3 is 0 Å². The molecule has 1 aliphatic rings. The number of carbonyl (C=O) groups excluding carboxylic acids is 2. The van der Waals surface area contributed by atoms with Crippen LogP contribution < -0.4 is 10.6 Å². The van der Waals surface area contributed by atoms with Crippen molar-refractivity contribution in [1.82, 2.24) is 5.32 Å². The van der Waals surface area contributed by atoms with Crippen LogP contribution in [-0.2, 0) is 9.59 Å². The molecule has 2 N–H and O–H groups in total. The van der Waals surface area contributed by atoms with Gasteiger partial charge in [0.15, 0.2) is 0 Å². The Morgan fingerprint density at radius 3 is 2.88 bits per heavy atom. The topological polar surface area (TPSA) is 58.2 Å². The highest BCUT2D eigenvalue weighted by atomic mass is 79.9. The quantitative estimate of drug-likeness (QED) is 0.875. The minimum atomic E-state index is -0.501. The molecule has 1 heterocycles. The second-order valence-electron chi connectivity index (χ2n) is 3.77. The first-order valence-electron chi connectivity index (χ1n) is 5.11. The van der Waals surface area contributed by atoms with Crippen molar-refractivity contribution in [2.24, 2.45) is 0 Å². The third-order valence-electron chi connectivity index (χ3n) is 2.50. The largest absolute Gasteiger partial charge is 0.344 e. The molecular formula is C11H10BrFN2O2. The second-order valence-corrected chi connectivity index (χ2v) is 4.63. The second kappa shape index (κ2) is 4.83. The van der Waals surface area contributed by atoms with Crippen molar-refractivity contribution in [1.29, 1.82) is 0 Å². The van der Waals surface area contributed by atoms with Crippen molar-refractivity contribution in [3.05, 3.63) is 28.5 Å². The Bertz CT molecular complexity index is 479. The average Bonchev–Trinajstić information content (AvgIpc) is 2.69. The van der Waals surface area contributed by atoms with E-state index in [9.17, 15) is 14.0 Å². The van der Waals surface area contributed by atoms with Crippen LogP contribution in [0.4, 0.5) is 10.1 Å². The van der Waals surface area contributed by atoms with Crippen LogP contribution >= 0.6 is 15.9 Å². The number of hydrogen-bond acceptors (Lipinski definition) is 2. The number of benzene rings is 1. The van der Waals surface area contributed by atoms with Gasteiger partial charge in [0, 0.05) is 10.9 Å². The molecule has 2 rings (SSSR count). The standard InChI is InChI=1S/C11H10BrFN2O2/c12-7-5-6(13)1-2-8(7)15-11(17)9-3-4-10(16)14-9/h1-2,5,9H,3-4H2,(H,14,16)(H,15,17). The Kier molecular flexibility index (Phi) is 3.42. The Morgan fingerprint density at radius 1 is 1.53 bits per heavy atom. The first-order valence-corrected chi connectivity index (χ1v) is 5.91. The lowest BCUT2D eigenvalue weighted by Crippen LogP contribution is -2.37. The van der Waals surface area contributed by atoms with Crippen LogP contribution in [0.5, 0.6) is 0 Å². The van der Waals surface area contributed by atoms with Crippen LogP contribution in [0.15, 0.2) is 22.7 Å². The number of rotatable bonds is 2. The molecule has 4 nitrogen and oxygen atoms in total. The third kappa shape index (κ3) is 2.82. The Balaban J connectivity index is 2.05. The number of carbonyl (C=O) groups is 2. The van der Waals surface area contributed by atoms with Gasteiger partial charge in [0.1, 0.15) is 11.9 Å². The van der Waals surface area contributed by atoms with E-state index >= 15 is 0 Å². The molecule has 2 amide bonds. The van der Waals surface area contributed by atoms with E-state index in [1.165, 1.54) is 18.2 Å². The molecule has 1 aromatic carbocycles. The van der Waals surface area contributed by atoms with Gasteiger partial charge in [0.2, 0.25) is 11.8 Å². The predicted octanol–water partition coefficient (Wildman–Crippen LogP) is 1.81. The Labute approximate surface area is 106 Å². The maximum atomic E-state index is 12.8. The fourth-order valence-electron chi connectivity index (χ4n) is 1.62. The van der Waals surface area contributed by atoms with Gasteiger partial charge in [-0.15, -0.1) is 0 Å². The number of nitrogens with one attached hydrogen (secondary N) is 2. The van der Waals surface area contributed by atoms with E-state index in [1.807, 2.05) is 0 Å².